The number of hydrogen-bond donors (Lipinski definition) is 2. The van der Waals surface area contributed by atoms with E-state index in [2.05, 4.69) is 10.3 Å². The summed E-state index contributed by atoms with van der Waals surface area (Å²) >= 11 is 0. The van der Waals surface area contributed by atoms with Crippen molar-refractivity contribution in [3.05, 3.63) is 22.5 Å². The highest BCUT2D eigenvalue weighted by atomic mass is 16.5. The van der Waals surface area contributed by atoms with E-state index in [0.29, 0.717) is 56.2 Å². The molecular formula is C20H30N4O5. The summed E-state index contributed by atoms with van der Waals surface area (Å²) in [6.45, 7) is 8.29. The highest BCUT2D eigenvalue weighted by Gasteiger charge is 2.27. The topological polar surface area (TPSA) is 112 Å². The monoisotopic (exact) mass is 406 g/mol. The fourth-order valence-electron chi connectivity index (χ4n) is 3.46. The summed E-state index contributed by atoms with van der Waals surface area (Å²) in [5, 5.41) is 2.85. The molecular weight excluding hydrogens is 376 g/mol. The predicted molar refractivity (Wildman–Crippen MR) is 107 cm³/mol. The van der Waals surface area contributed by atoms with Crippen molar-refractivity contribution in [2.24, 2.45) is 0 Å². The number of ether oxygens (including phenoxy) is 1. The Hall–Kier alpha value is -2.68. The van der Waals surface area contributed by atoms with Crippen LogP contribution < -0.4 is 5.32 Å². The smallest absolute Gasteiger partial charge is 0.339 e. The number of H-pyrrole nitrogens is 1. The van der Waals surface area contributed by atoms with Gasteiger partial charge in [0.15, 0.2) is 5.78 Å². The zero-order chi connectivity index (χ0) is 21.6. The molecule has 1 aliphatic heterocycles. The molecule has 9 nitrogen and oxygen atoms in total. The van der Waals surface area contributed by atoms with E-state index in [4.69, 9.17) is 4.74 Å². The van der Waals surface area contributed by atoms with Gasteiger partial charge in [-0.25, -0.2) is 4.79 Å². The molecule has 2 N–H and O–H groups in total. The Morgan fingerprint density at radius 3 is 2.34 bits per heavy atom. The van der Waals surface area contributed by atoms with Gasteiger partial charge >= 0.3 is 5.97 Å². The van der Waals surface area contributed by atoms with Crippen LogP contribution in [0.2, 0.25) is 0 Å². The van der Waals surface area contributed by atoms with Crippen LogP contribution in [0.4, 0.5) is 0 Å². The van der Waals surface area contributed by atoms with Crippen LogP contribution in [-0.4, -0.2) is 84.7 Å². The molecule has 9 heteroatoms. The molecule has 0 unspecified atom stereocenters. The molecule has 2 amide bonds. The number of aromatic amines is 1. The van der Waals surface area contributed by atoms with Gasteiger partial charge in [0.2, 0.25) is 11.8 Å². The average molecular weight is 406 g/mol. The third-order valence-electron chi connectivity index (χ3n) is 5.06. The second-order valence-corrected chi connectivity index (χ2v) is 7.21. The zero-order valence-electron chi connectivity index (χ0n) is 17.6. The largest absolute Gasteiger partial charge is 0.465 e. The molecule has 0 aliphatic carbocycles. The number of nitrogens with one attached hydrogen (secondary N) is 2. The first-order valence-corrected chi connectivity index (χ1v) is 9.85. The van der Waals surface area contributed by atoms with Gasteiger partial charge in [0.05, 0.1) is 31.3 Å². The zero-order valence-corrected chi connectivity index (χ0v) is 17.6. The molecule has 0 bridgehead atoms. The van der Waals surface area contributed by atoms with E-state index >= 15 is 0 Å². The van der Waals surface area contributed by atoms with E-state index in [1.807, 2.05) is 11.8 Å². The second kappa shape index (κ2) is 10.2. The average Bonchev–Trinajstić information content (AvgIpc) is 3.02. The Labute approximate surface area is 170 Å². The van der Waals surface area contributed by atoms with Crippen LogP contribution in [0, 0.1) is 6.92 Å². The van der Waals surface area contributed by atoms with Gasteiger partial charge in [-0.15, -0.1) is 0 Å². The molecule has 1 aromatic heterocycles. The number of methoxy groups -OCH3 is 1. The molecule has 1 saturated heterocycles. The maximum absolute atomic E-state index is 12.8. The van der Waals surface area contributed by atoms with Gasteiger partial charge in [-0.1, -0.05) is 6.92 Å². The summed E-state index contributed by atoms with van der Waals surface area (Å²) in [6, 6.07) is 0. The molecule has 1 aliphatic rings. The number of aromatic nitrogens is 1. The number of piperazine rings is 1. The number of ketones is 1. The van der Waals surface area contributed by atoms with Crippen molar-refractivity contribution < 1.29 is 23.9 Å². The van der Waals surface area contributed by atoms with E-state index in [0.717, 1.165) is 6.42 Å². The first-order chi connectivity index (χ1) is 13.8. The van der Waals surface area contributed by atoms with Crippen molar-refractivity contribution in [1.29, 1.82) is 0 Å². The number of hydrogen-bond acceptors (Lipinski definition) is 6. The van der Waals surface area contributed by atoms with Crippen molar-refractivity contribution in [2.75, 3.05) is 46.4 Å². The van der Waals surface area contributed by atoms with Gasteiger partial charge in [-0.05, 0) is 18.9 Å². The van der Waals surface area contributed by atoms with Gasteiger partial charge in [-0.3, -0.25) is 19.3 Å². The van der Waals surface area contributed by atoms with Crippen molar-refractivity contribution in [3.63, 3.8) is 0 Å². The Balaban J connectivity index is 1.99. The number of nitrogens with zero attached hydrogens (tertiary/aromatic N) is 2. The molecule has 29 heavy (non-hydrogen) atoms. The molecule has 160 valence electrons. The molecule has 0 saturated carbocycles. The summed E-state index contributed by atoms with van der Waals surface area (Å²) in [4.78, 5) is 55.2. The van der Waals surface area contributed by atoms with Crippen molar-refractivity contribution in [1.82, 2.24) is 20.1 Å². The lowest BCUT2D eigenvalue weighted by atomic mass is 10.1. The summed E-state index contributed by atoms with van der Waals surface area (Å²) < 4.78 is 4.82. The minimum absolute atomic E-state index is 0.00651. The molecule has 1 fully saturated rings. The van der Waals surface area contributed by atoms with E-state index in [1.54, 1.807) is 11.8 Å². The molecule has 0 atom stereocenters. The minimum atomic E-state index is -0.572. The molecule has 1 aromatic rings. The number of rotatable bonds is 8. The normalized spacial score (nSPS) is 14.6. The van der Waals surface area contributed by atoms with Gasteiger partial charge in [0, 0.05) is 45.3 Å². The second-order valence-electron chi connectivity index (χ2n) is 7.21. The van der Waals surface area contributed by atoms with E-state index in [9.17, 15) is 19.2 Å². The predicted octanol–water partition coefficient (Wildman–Crippen LogP) is 0.525. The standard InChI is InChI=1S/C20H30N4O5/c1-5-6-21-16(26)12-23-7-9-24(10-8-23)17(27)11-15-18(20(28)29-4)13(2)19(22-15)14(3)25/h22H,5-12H2,1-4H3,(H,21,26). The number of amides is 2. The lowest BCUT2D eigenvalue weighted by molar-refractivity contribution is -0.132. The van der Waals surface area contributed by atoms with E-state index < -0.39 is 5.97 Å². The third-order valence-corrected chi connectivity index (χ3v) is 5.06. The Kier molecular flexibility index (Phi) is 7.95. The highest BCUT2D eigenvalue weighted by molar-refractivity contribution is 6.01. The van der Waals surface area contributed by atoms with Crippen LogP contribution >= 0.6 is 0 Å². The van der Waals surface area contributed by atoms with Crippen LogP contribution in [-0.2, 0) is 20.7 Å². The first-order valence-electron chi connectivity index (χ1n) is 9.85. The van der Waals surface area contributed by atoms with Crippen molar-refractivity contribution in [3.8, 4) is 0 Å². The molecule has 0 radical (unpaired) electrons. The fourth-order valence-corrected chi connectivity index (χ4v) is 3.46. The van der Waals surface area contributed by atoms with Crippen LogP contribution in [0.5, 0.6) is 0 Å². The summed E-state index contributed by atoms with van der Waals surface area (Å²) in [6.07, 6.45) is 0.876. The van der Waals surface area contributed by atoms with E-state index in [-0.39, 0.29) is 29.6 Å². The quantitative estimate of drug-likeness (QED) is 0.481. The number of esters is 1. The fraction of sp³-hybridized carbons (Fsp3) is 0.600. The van der Waals surface area contributed by atoms with E-state index in [1.165, 1.54) is 14.0 Å². The lowest BCUT2D eigenvalue weighted by Crippen LogP contribution is -2.51. The van der Waals surface area contributed by atoms with Crippen LogP contribution in [0.25, 0.3) is 0 Å². The van der Waals surface area contributed by atoms with Gasteiger partial charge in [0.1, 0.15) is 0 Å². The third kappa shape index (κ3) is 5.66. The summed E-state index contributed by atoms with van der Waals surface area (Å²) in [7, 11) is 1.27. The lowest BCUT2D eigenvalue weighted by Gasteiger charge is -2.34. The van der Waals surface area contributed by atoms with Gasteiger partial charge < -0.3 is 19.9 Å². The van der Waals surface area contributed by atoms with Crippen LogP contribution in [0.3, 0.4) is 0 Å². The molecule has 0 aromatic carbocycles. The Morgan fingerprint density at radius 1 is 1.14 bits per heavy atom. The maximum Gasteiger partial charge on any atom is 0.339 e. The number of Topliss-reactive ketones (excluding diaryl/α,β-unsaturated/α-hetero) is 1. The summed E-state index contributed by atoms with van der Waals surface area (Å²) in [5.74, 6) is -0.923. The first kappa shape index (κ1) is 22.6. The molecule has 0 spiro atoms. The Bertz CT molecular complexity index is 778. The number of carbonyl (C=O) groups excluding carboxylic acids is 4. The molecule has 2 heterocycles. The van der Waals surface area contributed by atoms with Crippen molar-refractivity contribution >= 4 is 23.6 Å². The maximum atomic E-state index is 12.8. The minimum Gasteiger partial charge on any atom is -0.465 e. The van der Waals surface area contributed by atoms with Gasteiger partial charge in [-0.2, -0.15) is 0 Å². The number of carbonyl (C=O) groups is 4. The molecule has 2 rings (SSSR count). The van der Waals surface area contributed by atoms with Gasteiger partial charge in [0.25, 0.3) is 0 Å². The van der Waals surface area contributed by atoms with Crippen molar-refractivity contribution in [2.45, 2.75) is 33.6 Å². The van der Waals surface area contributed by atoms with Crippen LogP contribution in [0.1, 0.15) is 52.4 Å². The highest BCUT2D eigenvalue weighted by Crippen LogP contribution is 2.21. The van der Waals surface area contributed by atoms with Crippen LogP contribution in [0.15, 0.2) is 0 Å². The summed E-state index contributed by atoms with van der Waals surface area (Å²) in [5.41, 5.74) is 1.45. The SMILES string of the molecule is CCCNC(=O)CN1CCN(C(=O)Cc2[nH]c(C(C)=O)c(C)c2C(=O)OC)CC1. The Morgan fingerprint density at radius 2 is 1.79 bits per heavy atom.